The predicted octanol–water partition coefficient (Wildman–Crippen LogP) is 1.39. The summed E-state index contributed by atoms with van der Waals surface area (Å²) >= 11 is 1.41. The van der Waals surface area contributed by atoms with E-state index in [-0.39, 0.29) is 0 Å². The molecule has 0 atom stereocenters. The highest BCUT2D eigenvalue weighted by Crippen LogP contribution is 1.95. The first-order valence-corrected chi connectivity index (χ1v) is 2.56. The molecule has 0 amide bonds. The predicted molar refractivity (Wildman–Crippen MR) is 28.3 cm³/mol. The summed E-state index contributed by atoms with van der Waals surface area (Å²) in [5, 5.41) is 9.53. The lowest BCUT2D eigenvalue weighted by atomic mass is 10.9. The molecule has 0 aliphatic rings. The molecule has 0 saturated carbocycles. The third-order valence-electron chi connectivity index (χ3n) is 0.266. The summed E-state index contributed by atoms with van der Waals surface area (Å²) in [6, 6.07) is 1.96. The summed E-state index contributed by atoms with van der Waals surface area (Å²) in [5.74, 6) is 0.517. The molecule has 0 fully saturated rings. The van der Waals surface area contributed by atoms with E-state index < -0.39 is 0 Å². The highest BCUT2D eigenvalue weighted by atomic mass is 32.2. The van der Waals surface area contributed by atoms with Gasteiger partial charge in [-0.15, -0.1) is 11.8 Å². The zero-order valence-corrected chi connectivity index (χ0v) is 4.16. The second kappa shape index (κ2) is 4.58. The standard InChI is InChI=1S/C4H5NS/c1-2-6-4-3-5/h2H,1,4H2. The van der Waals surface area contributed by atoms with Crippen molar-refractivity contribution in [1.29, 1.82) is 5.26 Å². The van der Waals surface area contributed by atoms with Crippen molar-refractivity contribution in [3.8, 4) is 6.07 Å². The molecule has 32 valence electrons. The van der Waals surface area contributed by atoms with Crippen LogP contribution in [0.2, 0.25) is 0 Å². The summed E-state index contributed by atoms with van der Waals surface area (Å²) in [6.45, 7) is 3.41. The van der Waals surface area contributed by atoms with Gasteiger partial charge in [0.1, 0.15) is 0 Å². The number of nitriles is 1. The third kappa shape index (κ3) is 3.58. The Balaban J connectivity index is 2.72. The van der Waals surface area contributed by atoms with Crippen molar-refractivity contribution in [2.45, 2.75) is 0 Å². The van der Waals surface area contributed by atoms with Crippen LogP contribution in [0.3, 0.4) is 0 Å². The lowest BCUT2D eigenvalue weighted by molar-refractivity contribution is 1.50. The van der Waals surface area contributed by atoms with Crippen molar-refractivity contribution >= 4 is 11.8 Å². The minimum Gasteiger partial charge on any atom is -0.197 e. The molecular formula is C4H5NS. The van der Waals surface area contributed by atoms with E-state index in [0.717, 1.165) is 0 Å². The van der Waals surface area contributed by atoms with Crippen molar-refractivity contribution in [2.24, 2.45) is 0 Å². The monoisotopic (exact) mass is 99.0 g/mol. The van der Waals surface area contributed by atoms with Crippen LogP contribution < -0.4 is 0 Å². The van der Waals surface area contributed by atoms with E-state index >= 15 is 0 Å². The minimum atomic E-state index is 0.517. The maximum Gasteiger partial charge on any atom is 0.0849 e. The molecule has 1 nitrogen and oxygen atoms in total. The van der Waals surface area contributed by atoms with Crippen LogP contribution >= 0.6 is 11.8 Å². The van der Waals surface area contributed by atoms with Gasteiger partial charge in [0, 0.05) is 0 Å². The lowest BCUT2D eigenvalue weighted by Gasteiger charge is -1.71. The highest BCUT2D eigenvalue weighted by molar-refractivity contribution is 8.02. The smallest absolute Gasteiger partial charge is 0.0849 e. The van der Waals surface area contributed by atoms with Crippen molar-refractivity contribution in [3.63, 3.8) is 0 Å². The normalized spacial score (nSPS) is 6.50. The van der Waals surface area contributed by atoms with Gasteiger partial charge in [0.15, 0.2) is 0 Å². The molecule has 0 aromatic heterocycles. The Kier molecular flexibility index (Phi) is 4.26. The summed E-state index contributed by atoms with van der Waals surface area (Å²) in [4.78, 5) is 0. The van der Waals surface area contributed by atoms with Crippen molar-refractivity contribution < 1.29 is 0 Å². The second-order valence-electron chi connectivity index (χ2n) is 0.636. The lowest BCUT2D eigenvalue weighted by Crippen LogP contribution is -1.58. The fraction of sp³-hybridized carbons (Fsp3) is 0.250. The van der Waals surface area contributed by atoms with E-state index in [9.17, 15) is 0 Å². The molecular weight excluding hydrogens is 94.1 g/mol. The van der Waals surface area contributed by atoms with Crippen molar-refractivity contribution in [3.05, 3.63) is 12.0 Å². The van der Waals surface area contributed by atoms with E-state index in [1.165, 1.54) is 11.8 Å². The fourth-order valence-electron chi connectivity index (χ4n) is 0.0962. The number of hydrogen-bond donors (Lipinski definition) is 0. The van der Waals surface area contributed by atoms with Gasteiger partial charge in [0.05, 0.1) is 11.8 Å². The number of thioether (sulfide) groups is 1. The van der Waals surface area contributed by atoms with Crippen LogP contribution in [-0.4, -0.2) is 5.75 Å². The van der Waals surface area contributed by atoms with Gasteiger partial charge in [-0.3, -0.25) is 0 Å². The van der Waals surface area contributed by atoms with Crippen LogP contribution in [0.25, 0.3) is 0 Å². The Labute approximate surface area is 41.7 Å². The molecule has 0 aliphatic carbocycles. The van der Waals surface area contributed by atoms with Crippen molar-refractivity contribution in [1.82, 2.24) is 0 Å². The quantitative estimate of drug-likeness (QED) is 0.488. The summed E-state index contributed by atoms with van der Waals surface area (Å²) in [6.07, 6.45) is 0. The number of nitrogens with zero attached hydrogens (tertiary/aromatic N) is 1. The second-order valence-corrected chi connectivity index (χ2v) is 1.59. The summed E-state index contributed by atoms with van der Waals surface area (Å²) in [5.41, 5.74) is 0. The van der Waals surface area contributed by atoms with Crippen LogP contribution in [0.5, 0.6) is 0 Å². The Morgan fingerprint density at radius 3 is 2.83 bits per heavy atom. The molecule has 0 N–H and O–H groups in total. The molecule has 0 aliphatic heterocycles. The Hall–Kier alpha value is -0.420. The topological polar surface area (TPSA) is 23.8 Å². The average molecular weight is 99.2 g/mol. The average Bonchev–Trinajstić information content (AvgIpc) is 1.61. The molecule has 0 saturated heterocycles. The zero-order chi connectivity index (χ0) is 4.83. The Morgan fingerprint density at radius 1 is 2.00 bits per heavy atom. The molecule has 2 heteroatoms. The first kappa shape index (κ1) is 5.58. The minimum absolute atomic E-state index is 0.517. The molecule has 0 aromatic rings. The molecule has 6 heavy (non-hydrogen) atoms. The fourth-order valence-corrected chi connectivity index (χ4v) is 0.289. The van der Waals surface area contributed by atoms with E-state index in [1.807, 2.05) is 6.07 Å². The van der Waals surface area contributed by atoms with Gasteiger partial charge in [0.2, 0.25) is 0 Å². The van der Waals surface area contributed by atoms with Crippen LogP contribution in [0, 0.1) is 11.3 Å². The van der Waals surface area contributed by atoms with Crippen molar-refractivity contribution in [2.75, 3.05) is 5.75 Å². The largest absolute Gasteiger partial charge is 0.197 e. The molecule has 0 bridgehead atoms. The number of hydrogen-bond acceptors (Lipinski definition) is 2. The van der Waals surface area contributed by atoms with Crippen LogP contribution in [0.15, 0.2) is 12.0 Å². The van der Waals surface area contributed by atoms with Gasteiger partial charge in [-0.2, -0.15) is 5.26 Å². The first-order chi connectivity index (χ1) is 2.91. The van der Waals surface area contributed by atoms with E-state index in [4.69, 9.17) is 5.26 Å². The molecule has 0 radical (unpaired) electrons. The first-order valence-electron chi connectivity index (χ1n) is 1.51. The highest BCUT2D eigenvalue weighted by Gasteiger charge is 1.69. The molecule has 0 unspecified atom stereocenters. The van der Waals surface area contributed by atoms with E-state index in [1.54, 1.807) is 5.41 Å². The van der Waals surface area contributed by atoms with E-state index in [0.29, 0.717) is 5.75 Å². The zero-order valence-electron chi connectivity index (χ0n) is 3.35. The van der Waals surface area contributed by atoms with Gasteiger partial charge in [-0.05, 0) is 5.41 Å². The molecule has 0 heterocycles. The SMILES string of the molecule is C=CSCC#N. The molecule has 0 aromatic carbocycles. The van der Waals surface area contributed by atoms with Gasteiger partial charge in [-0.25, -0.2) is 0 Å². The summed E-state index contributed by atoms with van der Waals surface area (Å²) < 4.78 is 0. The van der Waals surface area contributed by atoms with Gasteiger partial charge < -0.3 is 0 Å². The van der Waals surface area contributed by atoms with Crippen LogP contribution in [0.1, 0.15) is 0 Å². The maximum absolute atomic E-state index is 7.88. The molecule has 0 spiro atoms. The van der Waals surface area contributed by atoms with Gasteiger partial charge in [0.25, 0.3) is 0 Å². The molecule has 0 rings (SSSR count). The Morgan fingerprint density at radius 2 is 2.67 bits per heavy atom. The number of rotatable bonds is 2. The van der Waals surface area contributed by atoms with Crippen LogP contribution in [0.4, 0.5) is 0 Å². The summed E-state index contributed by atoms with van der Waals surface area (Å²) in [7, 11) is 0. The van der Waals surface area contributed by atoms with Crippen LogP contribution in [-0.2, 0) is 0 Å². The third-order valence-corrected chi connectivity index (χ3v) is 0.797. The van der Waals surface area contributed by atoms with Gasteiger partial charge in [-0.1, -0.05) is 6.58 Å². The van der Waals surface area contributed by atoms with Gasteiger partial charge >= 0.3 is 0 Å². The Bertz CT molecular complexity index is 72.1. The maximum atomic E-state index is 7.88. The van der Waals surface area contributed by atoms with E-state index in [2.05, 4.69) is 6.58 Å².